The summed E-state index contributed by atoms with van der Waals surface area (Å²) in [5.74, 6) is -0.906. The van der Waals surface area contributed by atoms with Gasteiger partial charge in [-0.3, -0.25) is 0 Å². The van der Waals surface area contributed by atoms with Crippen molar-refractivity contribution in [1.82, 2.24) is 10.2 Å². The van der Waals surface area contributed by atoms with Gasteiger partial charge in [-0.25, -0.2) is 13.6 Å². The molecule has 0 heterocycles. The molecule has 0 unspecified atom stereocenters. The number of nitrogens with one attached hydrogen (secondary N) is 1. The highest BCUT2D eigenvalue weighted by molar-refractivity contribution is 7.87. The highest BCUT2D eigenvalue weighted by Gasteiger charge is 2.21. The molecule has 9 heteroatoms. The van der Waals surface area contributed by atoms with Gasteiger partial charge in [-0.15, -0.1) is 0 Å². The summed E-state index contributed by atoms with van der Waals surface area (Å²) in [6, 6.07) is 16.1. The molecule has 0 aromatic heterocycles. The molecular weight excluding hydrogens is 438 g/mol. The van der Waals surface area contributed by atoms with Crippen molar-refractivity contribution < 1.29 is 26.2 Å². The average Bonchev–Trinajstić information content (AvgIpc) is 2.76. The second-order valence-electron chi connectivity index (χ2n) is 6.92. The Kier molecular flexibility index (Phi) is 7.42. The molecule has 0 radical (unpaired) electrons. The van der Waals surface area contributed by atoms with Gasteiger partial charge in [0.15, 0.2) is 0 Å². The Morgan fingerprint density at radius 3 is 2.12 bits per heavy atom. The van der Waals surface area contributed by atoms with Gasteiger partial charge in [-0.2, -0.15) is 8.42 Å². The van der Waals surface area contributed by atoms with E-state index in [-0.39, 0.29) is 35.6 Å². The lowest BCUT2D eigenvalue weighted by molar-refractivity contribution is 0.192. The van der Waals surface area contributed by atoms with Gasteiger partial charge in [-0.1, -0.05) is 30.3 Å². The molecule has 0 fully saturated rings. The van der Waals surface area contributed by atoms with E-state index in [1.165, 1.54) is 23.1 Å². The molecule has 3 aromatic rings. The zero-order valence-electron chi connectivity index (χ0n) is 17.3. The molecule has 0 atom stereocenters. The van der Waals surface area contributed by atoms with Crippen molar-refractivity contribution in [3.63, 3.8) is 0 Å². The average molecular weight is 461 g/mol. The standard InChI is InChI=1S/C23H22F2N2O4S/c1-2-26-23(28)27(15-17-7-9-19(24)10-8-17)16-18-5-3-4-6-22(18)31-32(29,30)21-13-11-20(25)12-14-21/h3-14H,2,15-16H2,1H3,(H,26,28). The summed E-state index contributed by atoms with van der Waals surface area (Å²) in [5, 5.41) is 2.71. The third kappa shape index (κ3) is 6.04. The molecule has 0 aliphatic rings. The number of amides is 2. The van der Waals surface area contributed by atoms with Crippen LogP contribution in [0.4, 0.5) is 13.6 Å². The van der Waals surface area contributed by atoms with Crippen LogP contribution >= 0.6 is 0 Å². The van der Waals surface area contributed by atoms with E-state index in [0.717, 1.165) is 24.3 Å². The van der Waals surface area contributed by atoms with E-state index in [1.807, 2.05) is 0 Å². The lowest BCUT2D eigenvalue weighted by Crippen LogP contribution is -2.39. The van der Waals surface area contributed by atoms with Crippen LogP contribution in [0.1, 0.15) is 18.1 Å². The Labute approximate surface area is 185 Å². The Bertz CT molecular complexity index is 1170. The number of nitrogens with zero attached hydrogens (tertiary/aromatic N) is 1. The number of hydrogen-bond donors (Lipinski definition) is 1. The molecule has 3 rings (SSSR count). The number of carbonyl (C=O) groups excluding carboxylic acids is 1. The van der Waals surface area contributed by atoms with Crippen molar-refractivity contribution >= 4 is 16.1 Å². The van der Waals surface area contributed by atoms with E-state index >= 15 is 0 Å². The SMILES string of the molecule is CCNC(=O)N(Cc1ccc(F)cc1)Cc1ccccc1OS(=O)(=O)c1ccc(F)cc1. The molecule has 0 spiro atoms. The van der Waals surface area contributed by atoms with E-state index in [9.17, 15) is 22.0 Å². The molecule has 0 saturated heterocycles. The monoisotopic (exact) mass is 460 g/mol. The molecule has 168 valence electrons. The van der Waals surface area contributed by atoms with Crippen LogP contribution in [0.5, 0.6) is 5.75 Å². The van der Waals surface area contributed by atoms with Crippen molar-refractivity contribution in [3.8, 4) is 5.75 Å². The van der Waals surface area contributed by atoms with E-state index in [0.29, 0.717) is 17.7 Å². The number of halogens is 2. The minimum absolute atomic E-state index is 0.0400. The quantitative estimate of drug-likeness (QED) is 0.504. The topological polar surface area (TPSA) is 75.7 Å². The molecule has 0 saturated carbocycles. The molecule has 0 bridgehead atoms. The van der Waals surface area contributed by atoms with Crippen LogP contribution in [-0.4, -0.2) is 25.9 Å². The molecular formula is C23H22F2N2O4S. The number of carbonyl (C=O) groups is 1. The summed E-state index contributed by atoms with van der Waals surface area (Å²) in [6.45, 7) is 2.39. The highest BCUT2D eigenvalue weighted by atomic mass is 32.2. The second kappa shape index (κ2) is 10.2. The minimum atomic E-state index is -4.21. The predicted molar refractivity (Wildman–Crippen MR) is 115 cm³/mol. The van der Waals surface area contributed by atoms with Crippen molar-refractivity contribution in [3.05, 3.63) is 95.6 Å². The maximum absolute atomic E-state index is 13.2. The molecule has 32 heavy (non-hydrogen) atoms. The van der Waals surface area contributed by atoms with Gasteiger partial charge >= 0.3 is 16.1 Å². The number of benzene rings is 3. The van der Waals surface area contributed by atoms with Crippen LogP contribution in [-0.2, 0) is 23.2 Å². The van der Waals surface area contributed by atoms with E-state index in [1.54, 1.807) is 37.3 Å². The van der Waals surface area contributed by atoms with Crippen LogP contribution in [0.15, 0.2) is 77.7 Å². The Balaban J connectivity index is 1.86. The van der Waals surface area contributed by atoms with Gasteiger partial charge in [0.2, 0.25) is 0 Å². The van der Waals surface area contributed by atoms with Crippen LogP contribution in [0.25, 0.3) is 0 Å². The summed E-state index contributed by atoms with van der Waals surface area (Å²) < 4.78 is 57.0. The summed E-state index contributed by atoms with van der Waals surface area (Å²) in [6.07, 6.45) is 0. The van der Waals surface area contributed by atoms with Gasteiger partial charge in [0.25, 0.3) is 0 Å². The Morgan fingerprint density at radius 1 is 0.906 bits per heavy atom. The lowest BCUT2D eigenvalue weighted by Gasteiger charge is -2.24. The Morgan fingerprint density at radius 2 is 1.50 bits per heavy atom. The van der Waals surface area contributed by atoms with Crippen LogP contribution in [0.3, 0.4) is 0 Å². The fourth-order valence-corrected chi connectivity index (χ4v) is 3.93. The number of urea groups is 1. The van der Waals surface area contributed by atoms with E-state index in [2.05, 4.69) is 5.32 Å². The number of hydrogen-bond acceptors (Lipinski definition) is 4. The number of rotatable bonds is 8. The van der Waals surface area contributed by atoms with E-state index < -0.39 is 15.9 Å². The number of para-hydroxylation sites is 1. The third-order valence-corrected chi connectivity index (χ3v) is 5.79. The minimum Gasteiger partial charge on any atom is -0.379 e. The molecule has 6 nitrogen and oxygen atoms in total. The first-order chi connectivity index (χ1) is 15.3. The maximum Gasteiger partial charge on any atom is 0.339 e. The van der Waals surface area contributed by atoms with Gasteiger partial charge in [0.1, 0.15) is 22.3 Å². The maximum atomic E-state index is 13.2. The van der Waals surface area contributed by atoms with E-state index in [4.69, 9.17) is 4.18 Å². The summed E-state index contributed by atoms with van der Waals surface area (Å²) in [4.78, 5) is 13.9. The molecule has 0 aliphatic heterocycles. The third-order valence-electron chi connectivity index (χ3n) is 4.54. The zero-order chi connectivity index (χ0) is 23.1. The molecule has 3 aromatic carbocycles. The highest BCUT2D eigenvalue weighted by Crippen LogP contribution is 2.25. The van der Waals surface area contributed by atoms with Gasteiger partial charge in [0, 0.05) is 18.7 Å². The summed E-state index contributed by atoms with van der Waals surface area (Å²) in [7, 11) is -4.21. The lowest BCUT2D eigenvalue weighted by atomic mass is 10.1. The van der Waals surface area contributed by atoms with Crippen molar-refractivity contribution in [2.24, 2.45) is 0 Å². The fourth-order valence-electron chi connectivity index (χ4n) is 2.96. The zero-order valence-corrected chi connectivity index (χ0v) is 18.1. The van der Waals surface area contributed by atoms with Gasteiger partial charge < -0.3 is 14.4 Å². The molecule has 1 N–H and O–H groups in total. The second-order valence-corrected chi connectivity index (χ2v) is 8.46. The molecule has 0 aliphatic carbocycles. The van der Waals surface area contributed by atoms with Crippen LogP contribution in [0.2, 0.25) is 0 Å². The van der Waals surface area contributed by atoms with Gasteiger partial charge in [0.05, 0.1) is 6.54 Å². The first-order valence-corrected chi connectivity index (χ1v) is 11.2. The van der Waals surface area contributed by atoms with Crippen molar-refractivity contribution in [1.29, 1.82) is 0 Å². The first kappa shape index (κ1) is 23.2. The fraction of sp³-hybridized carbons (Fsp3) is 0.174. The summed E-state index contributed by atoms with van der Waals surface area (Å²) >= 11 is 0. The van der Waals surface area contributed by atoms with Gasteiger partial charge in [-0.05, 0) is 55.0 Å². The van der Waals surface area contributed by atoms with Crippen molar-refractivity contribution in [2.45, 2.75) is 24.9 Å². The van der Waals surface area contributed by atoms with Crippen LogP contribution in [0, 0.1) is 11.6 Å². The normalized spacial score (nSPS) is 11.1. The summed E-state index contributed by atoms with van der Waals surface area (Å²) in [5.41, 5.74) is 1.15. The molecule has 2 amide bonds. The largest absolute Gasteiger partial charge is 0.379 e. The van der Waals surface area contributed by atoms with Crippen LogP contribution < -0.4 is 9.50 Å². The van der Waals surface area contributed by atoms with Crippen molar-refractivity contribution in [2.75, 3.05) is 6.54 Å². The predicted octanol–water partition coefficient (Wildman–Crippen LogP) is 4.46. The Hall–Kier alpha value is -3.46. The smallest absolute Gasteiger partial charge is 0.339 e. The first-order valence-electron chi connectivity index (χ1n) is 9.83.